The topological polar surface area (TPSA) is 59.4 Å². The van der Waals surface area contributed by atoms with Crippen LogP contribution >= 0.6 is 23.0 Å². The summed E-state index contributed by atoms with van der Waals surface area (Å²) < 4.78 is 4.42. The van der Waals surface area contributed by atoms with Crippen LogP contribution in [0.1, 0.15) is 16.2 Å². The molecular weight excluding hydrogens is 273 g/mol. The highest BCUT2D eigenvalue weighted by Gasteiger charge is 2.07. The van der Waals surface area contributed by atoms with Crippen LogP contribution < -0.4 is 0 Å². The Bertz CT molecular complexity index is 290. The normalized spacial score (nSPS) is 9.50. The molecule has 0 bridgehead atoms. The van der Waals surface area contributed by atoms with Gasteiger partial charge < -0.3 is 8.17 Å². The lowest BCUT2D eigenvalue weighted by atomic mass is 10.3. The van der Waals surface area contributed by atoms with Crippen LogP contribution in [0.25, 0.3) is 0 Å². The number of rotatable bonds is 2. The molecular formula is C7H6INO3. The largest absolute Gasteiger partial charge is 0.390 e. The zero-order valence-corrected chi connectivity index (χ0v) is 8.19. The Labute approximate surface area is 83.3 Å². The first-order valence-electron chi connectivity index (χ1n) is 3.17. The molecule has 0 aromatic carbocycles. The smallest absolute Gasteiger partial charge is 0.366 e. The minimum atomic E-state index is -0.508. The molecule has 5 heteroatoms. The Morgan fingerprint density at radius 1 is 1.67 bits per heavy atom. The molecule has 0 saturated carbocycles. The first-order valence-corrected chi connectivity index (χ1v) is 4.05. The van der Waals surface area contributed by atoms with Crippen molar-refractivity contribution in [2.75, 3.05) is 0 Å². The molecule has 0 saturated heterocycles. The predicted octanol–water partition coefficient (Wildman–Crippen LogP) is 1.08. The van der Waals surface area contributed by atoms with Crippen molar-refractivity contribution in [3.63, 3.8) is 0 Å². The third-order valence-electron chi connectivity index (χ3n) is 1.25. The van der Waals surface area contributed by atoms with Crippen LogP contribution in [0.5, 0.6) is 0 Å². The van der Waals surface area contributed by atoms with E-state index in [0.29, 0.717) is 5.69 Å². The third kappa shape index (κ3) is 2.15. The van der Waals surface area contributed by atoms with Crippen LogP contribution in [-0.2, 0) is 9.67 Å². The standard InChI is InChI=1S/C7H6INO3/c8-12-7(11)6-3-1-2-5(4-10)9-6/h1-3,10H,4H2. The van der Waals surface area contributed by atoms with Crippen LogP contribution in [-0.4, -0.2) is 16.1 Å². The zero-order chi connectivity index (χ0) is 8.97. The number of nitrogens with zero attached hydrogens (tertiary/aromatic N) is 1. The molecule has 0 fully saturated rings. The summed E-state index contributed by atoms with van der Waals surface area (Å²) in [4.78, 5) is 14.7. The molecule has 0 radical (unpaired) electrons. The Morgan fingerprint density at radius 3 is 3.00 bits per heavy atom. The highest BCUT2D eigenvalue weighted by Crippen LogP contribution is 2.03. The summed E-state index contributed by atoms with van der Waals surface area (Å²) in [6.07, 6.45) is 0. The summed E-state index contributed by atoms with van der Waals surface area (Å²) in [5.74, 6) is -0.508. The second-order valence-electron chi connectivity index (χ2n) is 2.04. The minimum Gasteiger partial charge on any atom is -0.390 e. The van der Waals surface area contributed by atoms with Crippen molar-refractivity contribution in [3.8, 4) is 0 Å². The number of aromatic nitrogens is 1. The Kier molecular flexibility index (Phi) is 3.42. The number of carbonyl (C=O) groups excluding carboxylic acids is 1. The maximum absolute atomic E-state index is 10.9. The van der Waals surface area contributed by atoms with Gasteiger partial charge in [-0.05, 0) is 12.1 Å². The molecule has 1 aromatic rings. The highest BCUT2D eigenvalue weighted by atomic mass is 127. The molecule has 12 heavy (non-hydrogen) atoms. The molecule has 0 aliphatic rings. The van der Waals surface area contributed by atoms with Gasteiger partial charge in [-0.25, -0.2) is 9.78 Å². The van der Waals surface area contributed by atoms with Gasteiger partial charge in [0, 0.05) is 0 Å². The molecule has 0 amide bonds. The SMILES string of the molecule is O=C(OI)c1cccc(CO)n1. The summed E-state index contributed by atoms with van der Waals surface area (Å²) in [5.41, 5.74) is 0.658. The van der Waals surface area contributed by atoms with Gasteiger partial charge in [0.2, 0.25) is 0 Å². The molecule has 0 spiro atoms. The second kappa shape index (κ2) is 4.36. The second-order valence-corrected chi connectivity index (χ2v) is 2.48. The van der Waals surface area contributed by atoms with E-state index in [9.17, 15) is 4.79 Å². The first kappa shape index (κ1) is 9.40. The van der Waals surface area contributed by atoms with Crippen molar-refractivity contribution in [2.45, 2.75) is 6.61 Å². The van der Waals surface area contributed by atoms with E-state index in [-0.39, 0.29) is 12.3 Å². The molecule has 0 atom stereocenters. The van der Waals surface area contributed by atoms with Crippen LogP contribution in [0, 0.1) is 0 Å². The molecule has 64 valence electrons. The predicted molar refractivity (Wildman–Crippen MR) is 49.6 cm³/mol. The monoisotopic (exact) mass is 279 g/mol. The maximum atomic E-state index is 10.9. The fraction of sp³-hybridized carbons (Fsp3) is 0.143. The Morgan fingerprint density at radius 2 is 2.42 bits per heavy atom. The third-order valence-corrected chi connectivity index (χ3v) is 1.65. The molecule has 1 rings (SSSR count). The van der Waals surface area contributed by atoms with Gasteiger partial charge in [0.25, 0.3) is 0 Å². The van der Waals surface area contributed by atoms with Gasteiger partial charge in [-0.15, -0.1) is 0 Å². The average Bonchev–Trinajstić information content (AvgIpc) is 2.17. The van der Waals surface area contributed by atoms with E-state index in [4.69, 9.17) is 5.11 Å². The minimum absolute atomic E-state index is 0.178. The molecule has 4 nitrogen and oxygen atoms in total. The van der Waals surface area contributed by atoms with Crippen molar-refractivity contribution in [3.05, 3.63) is 29.6 Å². The lowest BCUT2D eigenvalue weighted by molar-refractivity contribution is 0.0794. The summed E-state index contributed by atoms with van der Waals surface area (Å²) >= 11 is 1.49. The molecule has 1 aromatic heterocycles. The fourth-order valence-corrected chi connectivity index (χ4v) is 0.946. The van der Waals surface area contributed by atoms with E-state index in [2.05, 4.69) is 8.05 Å². The van der Waals surface area contributed by atoms with Crippen LogP contribution in [0.4, 0.5) is 0 Å². The zero-order valence-electron chi connectivity index (χ0n) is 6.03. The quantitative estimate of drug-likeness (QED) is 0.823. The molecule has 0 unspecified atom stereocenters. The van der Waals surface area contributed by atoms with Crippen molar-refractivity contribution < 1.29 is 13.0 Å². The van der Waals surface area contributed by atoms with Gasteiger partial charge in [-0.3, -0.25) is 0 Å². The van der Waals surface area contributed by atoms with Gasteiger partial charge in [0.1, 0.15) is 5.69 Å². The van der Waals surface area contributed by atoms with Gasteiger partial charge >= 0.3 is 5.97 Å². The van der Waals surface area contributed by atoms with Crippen LogP contribution in [0.15, 0.2) is 18.2 Å². The van der Waals surface area contributed by atoms with Crippen molar-refractivity contribution >= 4 is 29.0 Å². The van der Waals surface area contributed by atoms with Gasteiger partial charge in [-0.1, -0.05) is 6.07 Å². The first-order chi connectivity index (χ1) is 5.77. The molecule has 1 N–H and O–H groups in total. The van der Waals surface area contributed by atoms with Crippen LogP contribution in [0.3, 0.4) is 0 Å². The van der Waals surface area contributed by atoms with E-state index in [1.54, 1.807) is 12.1 Å². The number of halogens is 1. The van der Waals surface area contributed by atoms with Crippen LogP contribution in [0.2, 0.25) is 0 Å². The van der Waals surface area contributed by atoms with E-state index >= 15 is 0 Å². The van der Waals surface area contributed by atoms with E-state index < -0.39 is 5.97 Å². The summed E-state index contributed by atoms with van der Waals surface area (Å²) in [6, 6.07) is 4.80. The number of pyridine rings is 1. The average molecular weight is 279 g/mol. The molecule has 0 aliphatic heterocycles. The Balaban J connectivity index is 2.93. The van der Waals surface area contributed by atoms with Crippen molar-refractivity contribution in [1.29, 1.82) is 0 Å². The maximum Gasteiger partial charge on any atom is 0.366 e. The highest BCUT2D eigenvalue weighted by molar-refractivity contribution is 14.1. The van der Waals surface area contributed by atoms with Crippen molar-refractivity contribution in [1.82, 2.24) is 4.98 Å². The van der Waals surface area contributed by atoms with E-state index in [1.807, 2.05) is 0 Å². The number of hydrogen-bond acceptors (Lipinski definition) is 4. The van der Waals surface area contributed by atoms with Gasteiger partial charge in [0.15, 0.2) is 23.0 Å². The lowest BCUT2D eigenvalue weighted by Gasteiger charge is -1.97. The number of hydrogen-bond donors (Lipinski definition) is 1. The van der Waals surface area contributed by atoms with Crippen molar-refractivity contribution in [2.24, 2.45) is 0 Å². The lowest BCUT2D eigenvalue weighted by Crippen LogP contribution is -2.03. The summed E-state index contributed by atoms with van der Waals surface area (Å²) in [6.45, 7) is -0.178. The number of aliphatic hydroxyl groups is 1. The molecule has 0 aliphatic carbocycles. The fourth-order valence-electron chi connectivity index (χ4n) is 0.721. The summed E-state index contributed by atoms with van der Waals surface area (Å²) in [5, 5.41) is 8.70. The van der Waals surface area contributed by atoms with E-state index in [0.717, 1.165) is 0 Å². The Hall–Kier alpha value is -0.690. The van der Waals surface area contributed by atoms with Gasteiger partial charge in [-0.2, -0.15) is 0 Å². The number of aliphatic hydroxyl groups excluding tert-OH is 1. The summed E-state index contributed by atoms with van der Waals surface area (Å²) in [7, 11) is 0. The van der Waals surface area contributed by atoms with E-state index in [1.165, 1.54) is 29.1 Å². The number of carbonyl (C=O) groups is 1. The molecule has 1 heterocycles. The van der Waals surface area contributed by atoms with Gasteiger partial charge in [0.05, 0.1) is 12.3 Å².